The van der Waals surface area contributed by atoms with Crippen molar-refractivity contribution in [1.29, 1.82) is 0 Å². The first-order valence-electron chi connectivity index (χ1n) is 8.54. The third-order valence-electron chi connectivity index (χ3n) is 4.53. The third kappa shape index (κ3) is 3.51. The third-order valence-corrected chi connectivity index (χ3v) is 4.53. The van der Waals surface area contributed by atoms with Crippen LogP contribution in [0.3, 0.4) is 0 Å². The summed E-state index contributed by atoms with van der Waals surface area (Å²) < 4.78 is 6.96. The zero-order valence-corrected chi connectivity index (χ0v) is 14.8. The van der Waals surface area contributed by atoms with Crippen LogP contribution in [0.4, 0.5) is 10.5 Å². The average Bonchev–Trinajstić information content (AvgIpc) is 3.27. The fraction of sp³-hybridized carbons (Fsp3) is 0.625. The van der Waals surface area contributed by atoms with Gasteiger partial charge in [0.05, 0.1) is 24.1 Å². The van der Waals surface area contributed by atoms with E-state index in [4.69, 9.17) is 4.52 Å². The summed E-state index contributed by atoms with van der Waals surface area (Å²) in [6.45, 7) is 7.10. The van der Waals surface area contributed by atoms with Crippen LogP contribution < -0.4 is 5.32 Å². The summed E-state index contributed by atoms with van der Waals surface area (Å²) in [6, 6.07) is -0.273. The summed E-state index contributed by atoms with van der Waals surface area (Å²) in [4.78, 5) is 18.1. The number of rotatable bonds is 5. The van der Waals surface area contributed by atoms with Crippen molar-refractivity contribution in [2.24, 2.45) is 0 Å². The van der Waals surface area contributed by atoms with Crippen LogP contribution in [0.1, 0.15) is 43.6 Å². The summed E-state index contributed by atoms with van der Waals surface area (Å²) in [5.74, 6) is 0.616. The molecular weight excluding hydrogens is 324 g/mol. The summed E-state index contributed by atoms with van der Waals surface area (Å²) in [7, 11) is 0. The van der Waals surface area contributed by atoms with Gasteiger partial charge >= 0.3 is 6.03 Å². The molecule has 1 fully saturated rings. The number of β-amino-alcohol motifs (C(OH)–C–C–N with tert-alkyl or cyclic N) is 1. The summed E-state index contributed by atoms with van der Waals surface area (Å²) in [5.41, 5.74) is 0.313. The van der Waals surface area contributed by atoms with Crippen molar-refractivity contribution in [3.63, 3.8) is 0 Å². The zero-order valence-electron chi connectivity index (χ0n) is 14.8. The molecule has 9 heteroatoms. The van der Waals surface area contributed by atoms with Gasteiger partial charge in [0, 0.05) is 19.5 Å². The molecule has 0 unspecified atom stereocenters. The van der Waals surface area contributed by atoms with Crippen LogP contribution in [-0.2, 0) is 12.1 Å². The molecule has 2 aromatic heterocycles. The minimum Gasteiger partial charge on any atom is -0.378 e. The first-order valence-corrected chi connectivity index (χ1v) is 8.54. The Balaban J connectivity index is 1.64. The van der Waals surface area contributed by atoms with Crippen molar-refractivity contribution >= 4 is 11.7 Å². The lowest BCUT2D eigenvalue weighted by molar-refractivity contribution is 0.0171. The molecule has 2 N–H and O–H groups in total. The number of amides is 2. The second-order valence-corrected chi connectivity index (χ2v) is 6.50. The van der Waals surface area contributed by atoms with Gasteiger partial charge in [-0.3, -0.25) is 4.68 Å². The molecule has 25 heavy (non-hydrogen) atoms. The van der Waals surface area contributed by atoms with Gasteiger partial charge in [-0.25, -0.2) is 4.79 Å². The Morgan fingerprint density at radius 2 is 2.28 bits per heavy atom. The Bertz CT molecular complexity index is 755. The topological polar surface area (TPSA) is 109 Å². The number of hydrogen-bond donors (Lipinski definition) is 2. The number of unbranched alkanes of at least 4 members (excludes halogenated alkanes) is 1. The number of aliphatic hydroxyl groups is 1. The molecule has 136 valence electrons. The number of likely N-dealkylation sites (tertiary alicyclic amines) is 1. The van der Waals surface area contributed by atoms with Gasteiger partial charge < -0.3 is 19.8 Å². The molecule has 1 atom stereocenters. The molecule has 1 aliphatic heterocycles. The van der Waals surface area contributed by atoms with Gasteiger partial charge in [0.15, 0.2) is 11.4 Å². The standard InChI is InChI=1S/C16H24N6O3/c1-4-5-7-22-11(2)13(9-17-22)19-15(23)21-8-6-16(24,10-21)14-18-12(3)20-25-14/h9,24H,4-8,10H2,1-3H3,(H,19,23)/t16-/m1/s1. The van der Waals surface area contributed by atoms with Gasteiger partial charge in [0.1, 0.15) is 0 Å². The van der Waals surface area contributed by atoms with Gasteiger partial charge in [-0.2, -0.15) is 10.1 Å². The fourth-order valence-electron chi connectivity index (χ4n) is 2.92. The molecule has 0 spiro atoms. The first-order chi connectivity index (χ1) is 11.9. The summed E-state index contributed by atoms with van der Waals surface area (Å²) in [5, 5.41) is 21.6. The van der Waals surface area contributed by atoms with E-state index in [1.165, 1.54) is 0 Å². The van der Waals surface area contributed by atoms with Crippen LogP contribution in [0.5, 0.6) is 0 Å². The molecule has 0 aliphatic carbocycles. The van der Waals surface area contributed by atoms with Crippen LogP contribution in [0.25, 0.3) is 0 Å². The van der Waals surface area contributed by atoms with Crippen LogP contribution in [0, 0.1) is 13.8 Å². The largest absolute Gasteiger partial charge is 0.378 e. The molecule has 2 aromatic rings. The molecule has 3 heterocycles. The lowest BCUT2D eigenvalue weighted by Crippen LogP contribution is -2.37. The van der Waals surface area contributed by atoms with E-state index in [2.05, 4.69) is 27.5 Å². The predicted octanol–water partition coefficient (Wildman–Crippen LogP) is 1.81. The quantitative estimate of drug-likeness (QED) is 0.853. The van der Waals surface area contributed by atoms with E-state index in [0.717, 1.165) is 25.1 Å². The molecule has 2 amide bonds. The highest BCUT2D eigenvalue weighted by Crippen LogP contribution is 2.31. The van der Waals surface area contributed by atoms with E-state index >= 15 is 0 Å². The van der Waals surface area contributed by atoms with Crippen LogP contribution >= 0.6 is 0 Å². The molecule has 0 aromatic carbocycles. The zero-order chi connectivity index (χ0) is 18.0. The van der Waals surface area contributed by atoms with E-state index in [-0.39, 0.29) is 18.5 Å². The maximum atomic E-state index is 12.5. The Kier molecular flexibility index (Phi) is 4.76. The van der Waals surface area contributed by atoms with E-state index in [0.29, 0.717) is 24.5 Å². The van der Waals surface area contributed by atoms with Crippen LogP contribution in [0.2, 0.25) is 0 Å². The number of aromatic nitrogens is 4. The minimum atomic E-state index is -1.29. The van der Waals surface area contributed by atoms with Gasteiger partial charge in [0.25, 0.3) is 5.89 Å². The first kappa shape index (κ1) is 17.4. The molecule has 9 nitrogen and oxygen atoms in total. The SMILES string of the molecule is CCCCn1ncc(NC(=O)N2CC[C@](O)(c3nc(C)no3)C2)c1C. The van der Waals surface area contributed by atoms with Crippen molar-refractivity contribution in [2.75, 3.05) is 18.4 Å². The van der Waals surface area contributed by atoms with Crippen molar-refractivity contribution < 1.29 is 14.4 Å². The molecule has 1 aliphatic rings. The number of anilines is 1. The number of nitrogens with one attached hydrogen (secondary N) is 1. The van der Waals surface area contributed by atoms with Crippen molar-refractivity contribution in [3.05, 3.63) is 23.6 Å². The van der Waals surface area contributed by atoms with Crippen LogP contribution in [-0.4, -0.2) is 49.0 Å². The number of nitrogens with zero attached hydrogens (tertiary/aromatic N) is 5. The van der Waals surface area contributed by atoms with Gasteiger partial charge in [-0.05, 0) is 20.3 Å². The smallest absolute Gasteiger partial charge is 0.322 e. The maximum absolute atomic E-state index is 12.5. The number of carbonyl (C=O) groups excluding carboxylic acids is 1. The summed E-state index contributed by atoms with van der Waals surface area (Å²) in [6.07, 6.45) is 4.14. The van der Waals surface area contributed by atoms with Crippen molar-refractivity contribution in [1.82, 2.24) is 24.8 Å². The predicted molar refractivity (Wildman–Crippen MR) is 90.0 cm³/mol. The highest BCUT2D eigenvalue weighted by atomic mass is 16.5. The normalized spacial score (nSPS) is 20.2. The van der Waals surface area contributed by atoms with E-state index < -0.39 is 5.60 Å². The Morgan fingerprint density at radius 3 is 2.96 bits per heavy atom. The van der Waals surface area contributed by atoms with Crippen molar-refractivity contribution in [2.45, 2.75) is 52.2 Å². The lowest BCUT2D eigenvalue weighted by atomic mass is 10.0. The Labute approximate surface area is 146 Å². The van der Waals surface area contributed by atoms with Gasteiger partial charge in [0.2, 0.25) is 0 Å². The Morgan fingerprint density at radius 1 is 1.48 bits per heavy atom. The number of carbonyl (C=O) groups is 1. The average molecular weight is 348 g/mol. The number of aryl methyl sites for hydroxylation is 2. The minimum absolute atomic E-state index is 0.115. The monoisotopic (exact) mass is 348 g/mol. The second-order valence-electron chi connectivity index (χ2n) is 6.50. The van der Waals surface area contributed by atoms with Gasteiger partial charge in [-0.15, -0.1) is 0 Å². The number of hydrogen-bond acceptors (Lipinski definition) is 6. The molecule has 1 saturated heterocycles. The molecule has 0 radical (unpaired) electrons. The molecule has 0 bridgehead atoms. The molecule has 0 saturated carbocycles. The Hall–Kier alpha value is -2.42. The van der Waals surface area contributed by atoms with Crippen LogP contribution in [0.15, 0.2) is 10.7 Å². The van der Waals surface area contributed by atoms with E-state index in [1.807, 2.05) is 11.6 Å². The van der Waals surface area contributed by atoms with Gasteiger partial charge in [-0.1, -0.05) is 18.5 Å². The number of urea groups is 1. The fourth-order valence-corrected chi connectivity index (χ4v) is 2.92. The molecule has 3 rings (SSSR count). The highest BCUT2D eigenvalue weighted by molar-refractivity contribution is 5.90. The lowest BCUT2D eigenvalue weighted by Gasteiger charge is -2.20. The maximum Gasteiger partial charge on any atom is 0.322 e. The van der Waals surface area contributed by atoms with E-state index in [1.54, 1.807) is 18.0 Å². The molecular formula is C16H24N6O3. The summed E-state index contributed by atoms with van der Waals surface area (Å²) >= 11 is 0. The highest BCUT2D eigenvalue weighted by Gasteiger charge is 2.44. The van der Waals surface area contributed by atoms with E-state index in [9.17, 15) is 9.90 Å². The second kappa shape index (κ2) is 6.83. The van der Waals surface area contributed by atoms with Crippen molar-refractivity contribution in [3.8, 4) is 0 Å².